The maximum Gasteiger partial charge on any atom is 0.194 e. The zero-order valence-electron chi connectivity index (χ0n) is 15.5. The summed E-state index contributed by atoms with van der Waals surface area (Å²) in [5, 5.41) is 7.66. The Morgan fingerprint density at radius 2 is 2.36 bits per heavy atom. The number of aryl methyl sites for hydroxylation is 1. The topological polar surface area (TPSA) is 63.9 Å². The van der Waals surface area contributed by atoms with Gasteiger partial charge in [-0.25, -0.2) is 0 Å². The highest BCUT2D eigenvalue weighted by molar-refractivity contribution is 5.80. The number of rotatable bonds is 8. The van der Waals surface area contributed by atoms with E-state index in [4.69, 9.17) is 14.5 Å². The number of hydrogen-bond donors (Lipinski definition) is 1. The number of guanidine groups is 1. The van der Waals surface area contributed by atoms with E-state index in [1.807, 2.05) is 24.1 Å². The smallest absolute Gasteiger partial charge is 0.194 e. The minimum Gasteiger partial charge on any atom is -0.381 e. The lowest BCUT2D eigenvalue weighted by Crippen LogP contribution is -2.48. The summed E-state index contributed by atoms with van der Waals surface area (Å²) in [6.45, 7) is 7.87. The molecule has 7 heteroatoms. The van der Waals surface area contributed by atoms with Gasteiger partial charge in [0.25, 0.3) is 0 Å². The molecule has 1 saturated heterocycles. The van der Waals surface area contributed by atoms with Crippen LogP contribution in [0.25, 0.3) is 0 Å². The molecule has 1 unspecified atom stereocenters. The third-order valence-electron chi connectivity index (χ3n) is 4.56. The van der Waals surface area contributed by atoms with E-state index in [1.165, 1.54) is 12.8 Å². The maximum atomic E-state index is 5.92. The van der Waals surface area contributed by atoms with Crippen LogP contribution in [0.15, 0.2) is 17.4 Å². The van der Waals surface area contributed by atoms with Crippen molar-refractivity contribution in [2.24, 2.45) is 18.0 Å². The number of aromatic nitrogens is 2. The first kappa shape index (κ1) is 18.2. The molecular weight excluding hydrogens is 318 g/mol. The summed E-state index contributed by atoms with van der Waals surface area (Å²) in [6.07, 6.45) is 7.62. The molecule has 0 bridgehead atoms. The fraction of sp³-hybridized carbons (Fsp3) is 0.778. The number of ether oxygens (including phenoxy) is 2. The van der Waals surface area contributed by atoms with E-state index in [0.717, 1.165) is 63.3 Å². The van der Waals surface area contributed by atoms with Gasteiger partial charge < -0.3 is 19.7 Å². The van der Waals surface area contributed by atoms with E-state index < -0.39 is 0 Å². The van der Waals surface area contributed by atoms with Crippen LogP contribution in [-0.4, -0.2) is 66.6 Å². The molecule has 0 radical (unpaired) electrons. The third kappa shape index (κ3) is 5.71. The Bertz CT molecular complexity index is 555. The summed E-state index contributed by atoms with van der Waals surface area (Å²) in [5.41, 5.74) is 1.12. The Balaban J connectivity index is 1.48. The van der Waals surface area contributed by atoms with E-state index >= 15 is 0 Å². The third-order valence-corrected chi connectivity index (χ3v) is 4.56. The molecule has 0 amide bonds. The van der Waals surface area contributed by atoms with Crippen molar-refractivity contribution in [1.29, 1.82) is 0 Å². The lowest BCUT2D eigenvalue weighted by molar-refractivity contribution is -0.00805. The van der Waals surface area contributed by atoms with Crippen LogP contribution < -0.4 is 5.32 Å². The molecule has 1 aliphatic carbocycles. The molecule has 1 saturated carbocycles. The summed E-state index contributed by atoms with van der Waals surface area (Å²) in [6, 6.07) is 0. The van der Waals surface area contributed by atoms with Crippen molar-refractivity contribution >= 4 is 5.96 Å². The lowest BCUT2D eigenvalue weighted by atomic mass is 10.1. The second-order valence-corrected chi connectivity index (χ2v) is 6.86. The average molecular weight is 349 g/mol. The zero-order valence-corrected chi connectivity index (χ0v) is 15.5. The normalized spacial score (nSPS) is 21.6. The molecule has 25 heavy (non-hydrogen) atoms. The number of aliphatic imine (C=N–C) groups is 1. The molecule has 3 rings (SSSR count). The summed E-state index contributed by atoms with van der Waals surface area (Å²) < 4.78 is 13.4. The molecule has 0 aromatic carbocycles. The van der Waals surface area contributed by atoms with Gasteiger partial charge in [0.15, 0.2) is 5.96 Å². The Morgan fingerprint density at radius 1 is 1.48 bits per heavy atom. The fourth-order valence-corrected chi connectivity index (χ4v) is 2.96. The highest BCUT2D eigenvalue weighted by atomic mass is 16.5. The van der Waals surface area contributed by atoms with Crippen LogP contribution in [0.2, 0.25) is 0 Å². The molecule has 7 nitrogen and oxygen atoms in total. The fourth-order valence-electron chi connectivity index (χ4n) is 2.96. The predicted octanol–water partition coefficient (Wildman–Crippen LogP) is 1.58. The first-order chi connectivity index (χ1) is 12.3. The standard InChI is InChI=1S/C18H31N5O2/c1-3-19-18(20-7-4-9-24-14-15-5-6-15)23-8-10-25-17(13-23)16-11-21-22(2)12-16/h11-12,15,17H,3-10,13-14H2,1-2H3,(H,19,20). The summed E-state index contributed by atoms with van der Waals surface area (Å²) >= 11 is 0. The van der Waals surface area contributed by atoms with Gasteiger partial charge in [-0.15, -0.1) is 0 Å². The number of hydrogen-bond acceptors (Lipinski definition) is 4. The minimum atomic E-state index is 0.0492. The van der Waals surface area contributed by atoms with Crippen LogP contribution in [0.1, 0.15) is 37.9 Å². The number of morpholine rings is 1. The molecule has 140 valence electrons. The second-order valence-electron chi connectivity index (χ2n) is 6.86. The van der Waals surface area contributed by atoms with E-state index in [2.05, 4.69) is 22.2 Å². The molecule has 1 aromatic rings. The van der Waals surface area contributed by atoms with Gasteiger partial charge in [-0.1, -0.05) is 0 Å². The van der Waals surface area contributed by atoms with Gasteiger partial charge in [0.05, 0.1) is 19.3 Å². The van der Waals surface area contributed by atoms with Gasteiger partial charge in [-0.2, -0.15) is 5.10 Å². The molecule has 1 atom stereocenters. The monoisotopic (exact) mass is 349 g/mol. The average Bonchev–Trinajstić information content (AvgIpc) is 3.35. The van der Waals surface area contributed by atoms with Crippen LogP contribution in [0.3, 0.4) is 0 Å². The van der Waals surface area contributed by atoms with Gasteiger partial charge in [0.2, 0.25) is 0 Å². The van der Waals surface area contributed by atoms with Crippen molar-refractivity contribution in [3.63, 3.8) is 0 Å². The van der Waals surface area contributed by atoms with Crippen LogP contribution in [0.4, 0.5) is 0 Å². The van der Waals surface area contributed by atoms with Gasteiger partial charge in [-0.05, 0) is 32.1 Å². The Hall–Kier alpha value is -1.60. The van der Waals surface area contributed by atoms with Crippen molar-refractivity contribution < 1.29 is 9.47 Å². The van der Waals surface area contributed by atoms with Crippen molar-refractivity contribution in [1.82, 2.24) is 20.0 Å². The SMILES string of the molecule is CCNC(=NCCCOCC1CC1)N1CCOC(c2cnn(C)c2)C1. The van der Waals surface area contributed by atoms with Gasteiger partial charge in [-0.3, -0.25) is 9.67 Å². The predicted molar refractivity (Wildman–Crippen MR) is 97.6 cm³/mol. The molecular formula is C18H31N5O2. The van der Waals surface area contributed by atoms with Crippen LogP contribution >= 0.6 is 0 Å². The number of nitrogens with one attached hydrogen (secondary N) is 1. The van der Waals surface area contributed by atoms with E-state index in [9.17, 15) is 0 Å². The van der Waals surface area contributed by atoms with Crippen molar-refractivity contribution in [2.75, 3.05) is 46.0 Å². The van der Waals surface area contributed by atoms with E-state index in [0.29, 0.717) is 6.61 Å². The van der Waals surface area contributed by atoms with Crippen molar-refractivity contribution in [3.8, 4) is 0 Å². The van der Waals surface area contributed by atoms with Gasteiger partial charge in [0.1, 0.15) is 6.10 Å². The first-order valence-electron chi connectivity index (χ1n) is 9.47. The molecule has 1 aliphatic heterocycles. The summed E-state index contributed by atoms with van der Waals surface area (Å²) in [4.78, 5) is 7.07. The zero-order chi connectivity index (χ0) is 17.5. The lowest BCUT2D eigenvalue weighted by Gasteiger charge is -2.34. The second kappa shape index (κ2) is 9.20. The van der Waals surface area contributed by atoms with Crippen LogP contribution in [-0.2, 0) is 16.5 Å². The quantitative estimate of drug-likeness (QED) is 0.438. The Kier molecular flexibility index (Phi) is 6.69. The van der Waals surface area contributed by atoms with Crippen LogP contribution in [0, 0.1) is 5.92 Å². The molecule has 1 aromatic heterocycles. The number of nitrogens with zero attached hydrogens (tertiary/aromatic N) is 4. The van der Waals surface area contributed by atoms with E-state index in [-0.39, 0.29) is 6.10 Å². The minimum absolute atomic E-state index is 0.0492. The van der Waals surface area contributed by atoms with Crippen molar-refractivity contribution in [3.05, 3.63) is 18.0 Å². The highest BCUT2D eigenvalue weighted by Crippen LogP contribution is 2.28. The van der Waals surface area contributed by atoms with Gasteiger partial charge in [0, 0.05) is 51.7 Å². The summed E-state index contributed by atoms with van der Waals surface area (Å²) in [7, 11) is 1.93. The first-order valence-corrected chi connectivity index (χ1v) is 9.47. The largest absolute Gasteiger partial charge is 0.381 e. The summed E-state index contributed by atoms with van der Waals surface area (Å²) in [5.74, 6) is 1.81. The van der Waals surface area contributed by atoms with Crippen molar-refractivity contribution in [2.45, 2.75) is 32.3 Å². The van der Waals surface area contributed by atoms with Crippen LogP contribution in [0.5, 0.6) is 0 Å². The molecule has 2 heterocycles. The molecule has 2 fully saturated rings. The molecule has 1 N–H and O–H groups in total. The van der Waals surface area contributed by atoms with Gasteiger partial charge >= 0.3 is 0 Å². The van der Waals surface area contributed by atoms with E-state index in [1.54, 1.807) is 0 Å². The maximum absolute atomic E-state index is 5.92. The Labute approximate surface area is 150 Å². The molecule has 0 spiro atoms. The molecule has 2 aliphatic rings. The Morgan fingerprint density at radius 3 is 3.08 bits per heavy atom. The highest BCUT2D eigenvalue weighted by Gasteiger charge is 2.25.